The third-order valence-corrected chi connectivity index (χ3v) is 2.50. The molecule has 1 aromatic rings. The van der Waals surface area contributed by atoms with Gasteiger partial charge in [-0.3, -0.25) is 4.79 Å². The highest BCUT2D eigenvalue weighted by molar-refractivity contribution is 6.27. The van der Waals surface area contributed by atoms with Gasteiger partial charge in [0.1, 0.15) is 5.82 Å². The van der Waals surface area contributed by atoms with Crippen LogP contribution in [0.3, 0.4) is 0 Å². The van der Waals surface area contributed by atoms with Crippen LogP contribution in [0.25, 0.3) is 0 Å². The molecule has 1 unspecified atom stereocenters. The van der Waals surface area contributed by atoms with Crippen molar-refractivity contribution < 1.29 is 24.2 Å². The van der Waals surface area contributed by atoms with Gasteiger partial charge < -0.3 is 10.2 Å². The molecule has 0 spiro atoms. The molecule has 0 saturated heterocycles. The van der Waals surface area contributed by atoms with Gasteiger partial charge in [-0.2, -0.15) is 0 Å². The van der Waals surface area contributed by atoms with E-state index >= 15 is 0 Å². The average molecular weight is 261 g/mol. The first kappa shape index (κ1) is 13.6. The molecule has 0 aromatic heterocycles. The zero-order valence-corrected chi connectivity index (χ0v) is 9.45. The molecule has 6 heteroatoms. The van der Waals surface area contributed by atoms with Gasteiger partial charge in [-0.25, -0.2) is 9.18 Å². The fraction of sp³-hybridized carbons (Fsp3) is 0.273. The second kappa shape index (κ2) is 5.75. The minimum atomic E-state index is -1.86. The van der Waals surface area contributed by atoms with Gasteiger partial charge in [0, 0.05) is 12.0 Å². The van der Waals surface area contributed by atoms with Gasteiger partial charge in [-0.1, -0.05) is 12.1 Å². The number of carbonyl (C=O) groups excluding carboxylic acids is 1. The Bertz CT molecular complexity index is 447. The second-order valence-electron chi connectivity index (χ2n) is 3.40. The van der Waals surface area contributed by atoms with E-state index < -0.39 is 23.7 Å². The molecule has 0 heterocycles. The number of carboxylic acids is 1. The Morgan fingerprint density at radius 2 is 2.06 bits per heavy atom. The van der Waals surface area contributed by atoms with Gasteiger partial charge in [-0.15, -0.1) is 11.6 Å². The van der Waals surface area contributed by atoms with Gasteiger partial charge >= 0.3 is 5.97 Å². The number of Topliss-reactive ketones (excluding diaryl/α,β-unsaturated/α-hetero) is 1. The highest BCUT2D eigenvalue weighted by Crippen LogP contribution is 2.22. The van der Waals surface area contributed by atoms with Crippen molar-refractivity contribution in [3.63, 3.8) is 0 Å². The first-order valence-electron chi connectivity index (χ1n) is 4.73. The molecule has 0 bridgehead atoms. The molecule has 1 aromatic carbocycles. The Hall–Kier alpha value is -1.46. The minimum Gasteiger partial charge on any atom is -0.479 e. The predicted octanol–water partition coefficient (Wildman–Crippen LogP) is 1.29. The van der Waals surface area contributed by atoms with Crippen LogP contribution in [0.1, 0.15) is 17.2 Å². The van der Waals surface area contributed by atoms with Crippen molar-refractivity contribution in [3.05, 3.63) is 35.1 Å². The van der Waals surface area contributed by atoms with Crippen molar-refractivity contribution in [1.29, 1.82) is 0 Å². The number of ketones is 1. The van der Waals surface area contributed by atoms with Gasteiger partial charge in [0.05, 0.1) is 5.88 Å². The number of alkyl halides is 1. The Morgan fingerprint density at radius 1 is 1.41 bits per heavy atom. The average Bonchev–Trinajstić information content (AvgIpc) is 2.30. The molecular weight excluding hydrogens is 251 g/mol. The number of aliphatic carboxylic acids is 1. The normalized spacial score (nSPS) is 12.2. The molecular formula is C11H10ClFO4. The minimum absolute atomic E-state index is 0.129. The fourth-order valence-corrected chi connectivity index (χ4v) is 1.49. The van der Waals surface area contributed by atoms with E-state index in [1.54, 1.807) is 0 Å². The topological polar surface area (TPSA) is 74.6 Å². The van der Waals surface area contributed by atoms with Crippen LogP contribution in [0.4, 0.5) is 4.39 Å². The number of hydrogen-bond acceptors (Lipinski definition) is 3. The van der Waals surface area contributed by atoms with Crippen LogP contribution in [-0.2, 0) is 16.0 Å². The molecule has 0 aliphatic rings. The van der Waals surface area contributed by atoms with Gasteiger partial charge in [0.2, 0.25) is 0 Å². The molecule has 0 aliphatic heterocycles. The molecule has 2 N–H and O–H groups in total. The number of carbonyl (C=O) groups is 2. The summed E-state index contributed by atoms with van der Waals surface area (Å²) in [5.74, 6) is -2.98. The van der Waals surface area contributed by atoms with E-state index in [-0.39, 0.29) is 23.4 Å². The Labute approximate surface area is 102 Å². The number of aliphatic hydroxyl groups excluding tert-OH is 1. The summed E-state index contributed by atoms with van der Waals surface area (Å²) in [6.07, 6.45) is -2.20. The molecule has 1 rings (SSSR count). The van der Waals surface area contributed by atoms with Crippen molar-refractivity contribution >= 4 is 23.4 Å². The number of benzene rings is 1. The van der Waals surface area contributed by atoms with E-state index in [1.807, 2.05) is 0 Å². The Kier molecular flexibility index (Phi) is 4.60. The van der Waals surface area contributed by atoms with E-state index in [0.717, 1.165) is 6.07 Å². The molecule has 0 amide bonds. The third kappa shape index (κ3) is 3.25. The summed E-state index contributed by atoms with van der Waals surface area (Å²) in [5, 5.41) is 18.0. The maximum absolute atomic E-state index is 13.5. The van der Waals surface area contributed by atoms with Crippen LogP contribution in [0.5, 0.6) is 0 Å². The van der Waals surface area contributed by atoms with Crippen LogP contribution < -0.4 is 0 Å². The highest BCUT2D eigenvalue weighted by Gasteiger charge is 2.22. The highest BCUT2D eigenvalue weighted by atomic mass is 35.5. The molecule has 0 fully saturated rings. The van der Waals surface area contributed by atoms with E-state index in [0.29, 0.717) is 0 Å². The summed E-state index contributed by atoms with van der Waals surface area (Å²) in [5.41, 5.74) is -0.260. The Balaban J connectivity index is 3.17. The van der Waals surface area contributed by atoms with Crippen LogP contribution in [0, 0.1) is 5.82 Å². The summed E-state index contributed by atoms with van der Waals surface area (Å²) in [4.78, 5) is 21.8. The summed E-state index contributed by atoms with van der Waals surface area (Å²) in [7, 11) is 0. The number of hydrogen-bond donors (Lipinski definition) is 2. The zero-order valence-electron chi connectivity index (χ0n) is 8.69. The van der Waals surface area contributed by atoms with Gasteiger partial charge in [0.15, 0.2) is 11.9 Å². The van der Waals surface area contributed by atoms with Gasteiger partial charge in [0.25, 0.3) is 0 Å². The van der Waals surface area contributed by atoms with E-state index in [1.165, 1.54) is 12.1 Å². The predicted molar refractivity (Wildman–Crippen MR) is 58.4 cm³/mol. The molecule has 17 heavy (non-hydrogen) atoms. The smallest absolute Gasteiger partial charge is 0.337 e. The van der Waals surface area contributed by atoms with Crippen LogP contribution >= 0.6 is 11.6 Å². The van der Waals surface area contributed by atoms with Crippen molar-refractivity contribution in [1.82, 2.24) is 0 Å². The Morgan fingerprint density at radius 3 is 2.59 bits per heavy atom. The molecule has 0 saturated carbocycles. The number of carboxylic acid groups (broad SMARTS) is 1. The lowest BCUT2D eigenvalue weighted by atomic mass is 9.98. The van der Waals surface area contributed by atoms with E-state index in [9.17, 15) is 19.1 Å². The quantitative estimate of drug-likeness (QED) is 0.783. The lowest BCUT2D eigenvalue weighted by molar-refractivity contribution is -0.147. The number of rotatable bonds is 5. The standard InChI is InChI=1S/C11H10ClFO4/c12-5-6(14)4-8-7(10(15)11(16)17)2-1-3-9(8)13/h1-3,10,15H,4-5H2,(H,16,17). The van der Waals surface area contributed by atoms with Crippen molar-refractivity contribution in [2.45, 2.75) is 12.5 Å². The van der Waals surface area contributed by atoms with Crippen molar-refractivity contribution in [3.8, 4) is 0 Å². The van der Waals surface area contributed by atoms with Crippen LogP contribution in [-0.4, -0.2) is 27.8 Å². The van der Waals surface area contributed by atoms with Crippen LogP contribution in [0.2, 0.25) is 0 Å². The lowest BCUT2D eigenvalue weighted by Gasteiger charge is -2.12. The number of halogens is 2. The molecule has 4 nitrogen and oxygen atoms in total. The first-order chi connectivity index (χ1) is 7.97. The van der Waals surface area contributed by atoms with Gasteiger partial charge in [-0.05, 0) is 11.6 Å². The summed E-state index contributed by atoms with van der Waals surface area (Å²) >= 11 is 5.30. The maximum Gasteiger partial charge on any atom is 0.337 e. The van der Waals surface area contributed by atoms with Crippen molar-refractivity contribution in [2.24, 2.45) is 0 Å². The number of aliphatic hydroxyl groups is 1. The summed E-state index contributed by atoms with van der Waals surface area (Å²) in [6, 6.07) is 3.62. The molecule has 92 valence electrons. The largest absolute Gasteiger partial charge is 0.479 e. The molecule has 0 aliphatic carbocycles. The van der Waals surface area contributed by atoms with Crippen molar-refractivity contribution in [2.75, 3.05) is 5.88 Å². The molecule has 0 radical (unpaired) electrons. The maximum atomic E-state index is 13.5. The lowest BCUT2D eigenvalue weighted by Crippen LogP contribution is -2.16. The molecule has 1 atom stereocenters. The third-order valence-electron chi connectivity index (χ3n) is 2.21. The zero-order chi connectivity index (χ0) is 13.0. The summed E-state index contributed by atoms with van der Waals surface area (Å²) in [6.45, 7) is 0. The SMILES string of the molecule is O=C(CCl)Cc1c(F)cccc1C(O)C(=O)O. The monoisotopic (exact) mass is 260 g/mol. The van der Waals surface area contributed by atoms with Crippen LogP contribution in [0.15, 0.2) is 18.2 Å². The fourth-order valence-electron chi connectivity index (χ4n) is 1.40. The summed E-state index contributed by atoms with van der Waals surface area (Å²) < 4.78 is 13.5. The van der Waals surface area contributed by atoms with E-state index in [4.69, 9.17) is 16.7 Å². The van der Waals surface area contributed by atoms with E-state index in [2.05, 4.69) is 0 Å². The first-order valence-corrected chi connectivity index (χ1v) is 5.26. The second-order valence-corrected chi connectivity index (χ2v) is 3.66.